The predicted octanol–water partition coefficient (Wildman–Crippen LogP) is 3.49. The molecule has 29 heavy (non-hydrogen) atoms. The summed E-state index contributed by atoms with van der Waals surface area (Å²) in [5.41, 5.74) is -1.19. The second-order valence-corrected chi connectivity index (χ2v) is 11.4. The van der Waals surface area contributed by atoms with Gasteiger partial charge in [0.25, 0.3) is 0 Å². The Balaban J connectivity index is 2.76. The summed E-state index contributed by atoms with van der Waals surface area (Å²) < 4.78 is 50.0. The molecule has 0 aliphatic carbocycles. The molecular formula is C15H33N5O6P2S. The minimum atomic E-state index is -3.77. The van der Waals surface area contributed by atoms with Gasteiger partial charge in [0.05, 0.1) is 26.4 Å². The molecule has 1 rings (SSSR count). The van der Waals surface area contributed by atoms with Crippen LogP contribution < -0.4 is 5.32 Å². The molecule has 0 atom stereocenters. The van der Waals surface area contributed by atoms with Crippen molar-refractivity contribution in [1.82, 2.24) is 25.5 Å². The van der Waals surface area contributed by atoms with Gasteiger partial charge in [0, 0.05) is 12.8 Å². The molecule has 1 heterocycles. The monoisotopic (exact) mass is 473 g/mol. The van der Waals surface area contributed by atoms with E-state index in [1.165, 1.54) is 0 Å². The molecule has 1 aromatic heterocycles. The molecule has 1 aromatic rings. The highest BCUT2D eigenvalue weighted by molar-refractivity contribution is 7.99. The van der Waals surface area contributed by atoms with Gasteiger partial charge >= 0.3 is 15.2 Å². The maximum Gasteiger partial charge on any atom is 0.359 e. The Morgan fingerprint density at radius 1 is 0.966 bits per heavy atom. The van der Waals surface area contributed by atoms with E-state index in [9.17, 15) is 9.13 Å². The maximum atomic E-state index is 13.4. The van der Waals surface area contributed by atoms with Crippen molar-refractivity contribution in [1.29, 1.82) is 0 Å². The summed E-state index contributed by atoms with van der Waals surface area (Å²) >= 11 is 1.55. The van der Waals surface area contributed by atoms with E-state index >= 15 is 0 Å². The lowest BCUT2D eigenvalue weighted by Crippen LogP contribution is -2.33. The molecule has 0 radical (unpaired) electrons. The first-order chi connectivity index (χ1) is 13.9. The molecule has 0 saturated heterocycles. The largest absolute Gasteiger partial charge is 0.359 e. The van der Waals surface area contributed by atoms with Gasteiger partial charge in [-0.25, -0.2) is 4.68 Å². The third-order valence-corrected chi connectivity index (χ3v) is 10.4. The molecule has 0 spiro atoms. The van der Waals surface area contributed by atoms with Gasteiger partial charge in [-0.15, -0.1) is 5.10 Å². The fourth-order valence-electron chi connectivity index (χ4n) is 2.44. The lowest BCUT2D eigenvalue weighted by atomic mass is 10.3. The molecule has 0 unspecified atom stereocenters. The Hall–Kier alpha value is -0.320. The summed E-state index contributed by atoms with van der Waals surface area (Å²) in [4.78, 5) is 0. The van der Waals surface area contributed by atoms with Gasteiger partial charge in [-0.3, -0.25) is 14.4 Å². The smallest absolute Gasteiger partial charge is 0.307 e. The number of aryl methyl sites for hydroxylation is 1. The van der Waals surface area contributed by atoms with Crippen molar-refractivity contribution in [2.45, 2.75) is 51.2 Å². The molecule has 0 bridgehead atoms. The molecule has 0 aromatic carbocycles. The number of hydrogen-bond acceptors (Lipinski definition) is 11. The van der Waals surface area contributed by atoms with Crippen LogP contribution in [0.2, 0.25) is 0 Å². The SMILES string of the molecule is CCOP(=O)(OCC)C(NCCCCSc1nnnn1C)P(=O)(OCC)OCC. The van der Waals surface area contributed by atoms with Gasteiger partial charge in [0.15, 0.2) is 0 Å². The normalized spacial score (nSPS) is 12.8. The van der Waals surface area contributed by atoms with E-state index in [1.807, 2.05) is 0 Å². The molecule has 1 N–H and O–H groups in total. The molecule has 170 valence electrons. The van der Waals surface area contributed by atoms with Crippen molar-refractivity contribution >= 4 is 27.0 Å². The zero-order valence-electron chi connectivity index (χ0n) is 17.8. The number of rotatable bonds is 17. The molecule has 0 aliphatic rings. The molecule has 11 nitrogen and oxygen atoms in total. The highest BCUT2D eigenvalue weighted by Crippen LogP contribution is 2.69. The number of aromatic nitrogens is 4. The Kier molecular flexibility index (Phi) is 12.8. The molecule has 0 fully saturated rings. The van der Waals surface area contributed by atoms with Gasteiger partial charge in [0.2, 0.25) is 10.7 Å². The number of nitrogens with one attached hydrogen (secondary N) is 1. The fourth-order valence-corrected chi connectivity index (χ4v) is 8.33. The summed E-state index contributed by atoms with van der Waals surface area (Å²) in [5.74, 6) is 0.809. The van der Waals surface area contributed by atoms with Gasteiger partial charge in [-0.05, 0) is 57.5 Å². The van der Waals surface area contributed by atoms with Gasteiger partial charge in [0.1, 0.15) is 0 Å². The van der Waals surface area contributed by atoms with E-state index in [4.69, 9.17) is 18.1 Å². The summed E-state index contributed by atoms with van der Waals surface area (Å²) in [6, 6.07) is 0. The van der Waals surface area contributed by atoms with Crippen LogP contribution in [0.25, 0.3) is 0 Å². The minimum Gasteiger partial charge on any atom is -0.307 e. The maximum absolute atomic E-state index is 13.4. The summed E-state index contributed by atoms with van der Waals surface area (Å²) in [6.45, 7) is 7.84. The van der Waals surface area contributed by atoms with Crippen LogP contribution in [0.15, 0.2) is 5.16 Å². The Bertz CT molecular complexity index is 629. The molecule has 0 saturated carbocycles. The number of thioether (sulfide) groups is 1. The van der Waals surface area contributed by atoms with Crippen molar-refractivity contribution in [3.63, 3.8) is 0 Å². The van der Waals surface area contributed by atoms with Crippen molar-refractivity contribution < 1.29 is 27.2 Å². The number of nitrogens with zero attached hydrogens (tertiary/aromatic N) is 4. The van der Waals surface area contributed by atoms with Crippen LogP contribution in [0.3, 0.4) is 0 Å². The number of hydrogen-bond donors (Lipinski definition) is 1. The van der Waals surface area contributed by atoms with Crippen LogP contribution >= 0.6 is 27.0 Å². The number of tetrazole rings is 1. The summed E-state index contributed by atoms with van der Waals surface area (Å²) in [7, 11) is -5.76. The van der Waals surface area contributed by atoms with Crippen LogP contribution in [0.1, 0.15) is 40.5 Å². The zero-order valence-corrected chi connectivity index (χ0v) is 20.4. The van der Waals surface area contributed by atoms with Crippen molar-refractivity contribution in [2.75, 3.05) is 38.7 Å². The highest BCUT2D eigenvalue weighted by Gasteiger charge is 2.50. The molecular weight excluding hydrogens is 440 g/mol. The van der Waals surface area contributed by atoms with E-state index in [0.29, 0.717) is 6.54 Å². The predicted molar refractivity (Wildman–Crippen MR) is 112 cm³/mol. The fraction of sp³-hybridized carbons (Fsp3) is 0.933. The Labute approximate surface area is 177 Å². The average Bonchev–Trinajstić information content (AvgIpc) is 3.06. The van der Waals surface area contributed by atoms with Crippen LogP contribution in [0, 0.1) is 0 Å². The second-order valence-electron chi connectivity index (χ2n) is 5.72. The van der Waals surface area contributed by atoms with E-state index in [-0.39, 0.29) is 26.4 Å². The third-order valence-electron chi connectivity index (χ3n) is 3.55. The lowest BCUT2D eigenvalue weighted by Gasteiger charge is -2.31. The van der Waals surface area contributed by atoms with Crippen LogP contribution in [0.5, 0.6) is 0 Å². The average molecular weight is 473 g/mol. The first kappa shape index (κ1) is 26.7. The lowest BCUT2D eigenvalue weighted by molar-refractivity contribution is 0.190. The topological polar surface area (TPSA) is 127 Å². The number of unbranched alkanes of at least 4 members (excludes halogenated alkanes) is 1. The van der Waals surface area contributed by atoms with Gasteiger partial charge in [-0.2, -0.15) is 0 Å². The Morgan fingerprint density at radius 2 is 1.48 bits per heavy atom. The van der Waals surface area contributed by atoms with E-state index < -0.39 is 20.7 Å². The van der Waals surface area contributed by atoms with E-state index in [0.717, 1.165) is 23.8 Å². The van der Waals surface area contributed by atoms with Crippen molar-refractivity contribution in [3.05, 3.63) is 0 Å². The van der Waals surface area contributed by atoms with Crippen LogP contribution in [-0.2, 0) is 34.3 Å². The van der Waals surface area contributed by atoms with Crippen LogP contribution in [0.4, 0.5) is 0 Å². The van der Waals surface area contributed by atoms with Gasteiger partial charge in [-0.1, -0.05) is 11.8 Å². The van der Waals surface area contributed by atoms with Crippen molar-refractivity contribution in [2.24, 2.45) is 7.05 Å². The second kappa shape index (κ2) is 13.9. The summed E-state index contributed by atoms with van der Waals surface area (Å²) in [5, 5.41) is 15.1. The highest BCUT2D eigenvalue weighted by atomic mass is 32.2. The Morgan fingerprint density at radius 3 is 1.90 bits per heavy atom. The first-order valence-corrected chi connectivity index (χ1v) is 13.9. The van der Waals surface area contributed by atoms with Gasteiger partial charge < -0.3 is 18.1 Å². The van der Waals surface area contributed by atoms with E-state index in [2.05, 4.69) is 20.8 Å². The zero-order chi connectivity index (χ0) is 21.8. The van der Waals surface area contributed by atoms with E-state index in [1.54, 1.807) is 51.2 Å². The van der Waals surface area contributed by atoms with Crippen LogP contribution in [-0.4, -0.2) is 64.5 Å². The minimum absolute atomic E-state index is 0.149. The quantitative estimate of drug-likeness (QED) is 0.203. The molecule has 14 heteroatoms. The standard InChI is InChI=1S/C15H33N5O6P2S/c1-6-23-27(21,24-7-2)15(28(22,25-8-3)26-9-4)16-12-10-11-13-29-14-17-18-19-20(14)5/h15-16H,6-13H2,1-5H3. The molecule has 0 aliphatic heterocycles. The third kappa shape index (κ3) is 8.38. The molecule has 0 amide bonds. The first-order valence-electron chi connectivity index (χ1n) is 9.72. The summed E-state index contributed by atoms with van der Waals surface area (Å²) in [6.07, 6.45) is 1.59. The van der Waals surface area contributed by atoms with Crippen molar-refractivity contribution in [3.8, 4) is 0 Å².